The summed E-state index contributed by atoms with van der Waals surface area (Å²) in [5.41, 5.74) is 0. The summed E-state index contributed by atoms with van der Waals surface area (Å²) in [6.07, 6.45) is 0. The van der Waals surface area contributed by atoms with Crippen LogP contribution in [0.3, 0.4) is 0 Å². The van der Waals surface area contributed by atoms with E-state index in [0.717, 1.165) is 26.2 Å². The standard InChI is InChI=1S/C8H16N2O2S/c1-9-2-4-10(5-3-9)8-6-13(11,12)7-8/h8H,2-7H2,1H3. The van der Waals surface area contributed by atoms with Gasteiger partial charge in [0.1, 0.15) is 0 Å². The number of sulfone groups is 1. The molecule has 2 aliphatic rings. The van der Waals surface area contributed by atoms with E-state index < -0.39 is 9.84 Å². The van der Waals surface area contributed by atoms with Gasteiger partial charge >= 0.3 is 0 Å². The molecule has 5 heteroatoms. The molecule has 0 radical (unpaired) electrons. The van der Waals surface area contributed by atoms with E-state index in [4.69, 9.17) is 0 Å². The highest BCUT2D eigenvalue weighted by Gasteiger charge is 2.38. The van der Waals surface area contributed by atoms with Gasteiger partial charge in [0.2, 0.25) is 0 Å². The number of hydrogen-bond acceptors (Lipinski definition) is 4. The van der Waals surface area contributed by atoms with Gasteiger partial charge in [-0.2, -0.15) is 0 Å². The monoisotopic (exact) mass is 204 g/mol. The molecule has 0 aromatic heterocycles. The van der Waals surface area contributed by atoms with E-state index in [0.29, 0.717) is 17.5 Å². The Morgan fingerprint density at radius 2 is 1.62 bits per heavy atom. The Morgan fingerprint density at radius 3 is 2.08 bits per heavy atom. The van der Waals surface area contributed by atoms with Crippen molar-refractivity contribution in [1.82, 2.24) is 9.80 Å². The molecule has 0 aromatic rings. The summed E-state index contributed by atoms with van der Waals surface area (Å²) in [5.74, 6) is 0.771. The van der Waals surface area contributed by atoms with Crippen LogP contribution in [0.25, 0.3) is 0 Å². The molecular weight excluding hydrogens is 188 g/mol. The van der Waals surface area contributed by atoms with Gasteiger partial charge in [-0.05, 0) is 7.05 Å². The fraction of sp³-hybridized carbons (Fsp3) is 1.00. The topological polar surface area (TPSA) is 40.6 Å². The van der Waals surface area contributed by atoms with Gasteiger partial charge in [-0.25, -0.2) is 8.42 Å². The van der Waals surface area contributed by atoms with Crippen LogP contribution in [0.15, 0.2) is 0 Å². The first kappa shape index (κ1) is 9.43. The van der Waals surface area contributed by atoms with E-state index in [1.165, 1.54) is 0 Å². The predicted molar refractivity (Wildman–Crippen MR) is 51.5 cm³/mol. The van der Waals surface area contributed by atoms with Crippen LogP contribution in [0.4, 0.5) is 0 Å². The Morgan fingerprint density at radius 1 is 1.08 bits per heavy atom. The summed E-state index contributed by atoms with van der Waals surface area (Å²) < 4.78 is 21.9. The fourth-order valence-electron chi connectivity index (χ4n) is 1.94. The quantitative estimate of drug-likeness (QED) is 0.551. The Labute approximate surface area is 79.4 Å². The van der Waals surface area contributed by atoms with Crippen LogP contribution < -0.4 is 0 Å². The molecule has 4 nitrogen and oxygen atoms in total. The lowest BCUT2D eigenvalue weighted by Crippen LogP contribution is -2.58. The molecule has 76 valence electrons. The highest BCUT2D eigenvalue weighted by molar-refractivity contribution is 7.92. The molecule has 2 saturated heterocycles. The van der Waals surface area contributed by atoms with Crippen molar-refractivity contribution in [2.24, 2.45) is 0 Å². The van der Waals surface area contributed by atoms with Gasteiger partial charge in [-0.3, -0.25) is 4.90 Å². The molecule has 2 fully saturated rings. The maximum absolute atomic E-state index is 11.0. The van der Waals surface area contributed by atoms with E-state index >= 15 is 0 Å². The predicted octanol–water partition coefficient (Wildman–Crippen LogP) is -0.969. The minimum Gasteiger partial charge on any atom is -0.304 e. The largest absolute Gasteiger partial charge is 0.304 e. The Bertz CT molecular complexity index is 269. The molecule has 0 aromatic carbocycles. The van der Waals surface area contributed by atoms with Crippen molar-refractivity contribution in [3.63, 3.8) is 0 Å². The van der Waals surface area contributed by atoms with Crippen LogP contribution >= 0.6 is 0 Å². The Kier molecular flexibility index (Phi) is 2.33. The number of rotatable bonds is 1. The number of likely N-dealkylation sites (N-methyl/N-ethyl adjacent to an activating group) is 1. The molecule has 0 bridgehead atoms. The molecule has 2 rings (SSSR count). The zero-order valence-electron chi connectivity index (χ0n) is 7.94. The molecule has 0 spiro atoms. The summed E-state index contributed by atoms with van der Waals surface area (Å²) in [5, 5.41) is 0. The normalized spacial score (nSPS) is 31.5. The van der Waals surface area contributed by atoms with Gasteiger partial charge in [0, 0.05) is 32.2 Å². The van der Waals surface area contributed by atoms with Crippen molar-refractivity contribution in [2.45, 2.75) is 6.04 Å². The third-order valence-corrected chi connectivity index (χ3v) is 4.73. The van der Waals surface area contributed by atoms with Crippen LogP contribution in [0.5, 0.6) is 0 Å². The summed E-state index contributed by atoms with van der Waals surface area (Å²) >= 11 is 0. The SMILES string of the molecule is CN1CCN(C2CS(=O)(=O)C2)CC1. The summed E-state index contributed by atoms with van der Waals surface area (Å²) in [6.45, 7) is 4.18. The van der Waals surface area contributed by atoms with Gasteiger partial charge in [0.05, 0.1) is 11.5 Å². The van der Waals surface area contributed by atoms with Crippen molar-refractivity contribution in [2.75, 3.05) is 44.7 Å². The average molecular weight is 204 g/mol. The molecule has 0 atom stereocenters. The highest BCUT2D eigenvalue weighted by atomic mass is 32.2. The van der Waals surface area contributed by atoms with Crippen molar-refractivity contribution in [3.05, 3.63) is 0 Å². The minimum absolute atomic E-state index is 0.318. The molecule has 0 aliphatic carbocycles. The van der Waals surface area contributed by atoms with Crippen LogP contribution in [-0.2, 0) is 9.84 Å². The lowest BCUT2D eigenvalue weighted by molar-refractivity contribution is 0.122. The van der Waals surface area contributed by atoms with E-state index in [2.05, 4.69) is 16.8 Å². The Hall–Kier alpha value is -0.130. The number of hydrogen-bond donors (Lipinski definition) is 0. The van der Waals surface area contributed by atoms with Gasteiger partial charge < -0.3 is 4.90 Å². The highest BCUT2D eigenvalue weighted by Crippen LogP contribution is 2.18. The minimum atomic E-state index is -2.65. The molecule has 0 unspecified atom stereocenters. The van der Waals surface area contributed by atoms with Crippen LogP contribution in [0.2, 0.25) is 0 Å². The third kappa shape index (κ3) is 2.03. The second-order valence-corrected chi connectivity index (χ2v) is 6.22. The first-order valence-corrected chi connectivity index (χ1v) is 6.52. The van der Waals surface area contributed by atoms with Crippen LogP contribution in [0.1, 0.15) is 0 Å². The molecule has 0 amide bonds. The number of piperazine rings is 1. The van der Waals surface area contributed by atoms with Crippen LogP contribution in [0, 0.1) is 0 Å². The second kappa shape index (κ2) is 3.22. The van der Waals surface area contributed by atoms with Gasteiger partial charge in [-0.15, -0.1) is 0 Å². The molecule has 0 saturated carbocycles. The maximum Gasteiger partial charge on any atom is 0.153 e. The summed E-state index contributed by atoms with van der Waals surface area (Å²) in [7, 11) is -0.543. The fourth-order valence-corrected chi connectivity index (χ4v) is 3.43. The average Bonchev–Trinajstić information content (AvgIpc) is 2.01. The summed E-state index contributed by atoms with van der Waals surface area (Å²) in [6, 6.07) is 0.318. The molecule has 0 N–H and O–H groups in total. The van der Waals surface area contributed by atoms with Crippen molar-refractivity contribution in [3.8, 4) is 0 Å². The van der Waals surface area contributed by atoms with Crippen LogP contribution in [-0.4, -0.2) is 69.0 Å². The first-order chi connectivity index (χ1) is 6.07. The van der Waals surface area contributed by atoms with Crippen molar-refractivity contribution < 1.29 is 8.42 Å². The number of nitrogens with zero attached hydrogens (tertiary/aromatic N) is 2. The van der Waals surface area contributed by atoms with E-state index in [9.17, 15) is 8.42 Å². The zero-order valence-corrected chi connectivity index (χ0v) is 8.76. The second-order valence-electron chi connectivity index (χ2n) is 4.07. The Balaban J connectivity index is 1.84. The molecular formula is C8H16N2O2S. The maximum atomic E-state index is 11.0. The first-order valence-electron chi connectivity index (χ1n) is 4.70. The molecule has 2 aliphatic heterocycles. The smallest absolute Gasteiger partial charge is 0.153 e. The van der Waals surface area contributed by atoms with Crippen molar-refractivity contribution in [1.29, 1.82) is 0 Å². The van der Waals surface area contributed by atoms with E-state index in [1.54, 1.807) is 0 Å². The van der Waals surface area contributed by atoms with Crippen molar-refractivity contribution >= 4 is 9.84 Å². The lowest BCUT2D eigenvalue weighted by Gasteiger charge is -2.41. The van der Waals surface area contributed by atoms with Gasteiger partial charge in [0.15, 0.2) is 9.84 Å². The lowest BCUT2D eigenvalue weighted by atomic mass is 10.2. The van der Waals surface area contributed by atoms with Gasteiger partial charge in [0.25, 0.3) is 0 Å². The van der Waals surface area contributed by atoms with Gasteiger partial charge in [-0.1, -0.05) is 0 Å². The zero-order chi connectivity index (χ0) is 9.47. The van der Waals surface area contributed by atoms with E-state index in [-0.39, 0.29) is 0 Å². The molecule has 13 heavy (non-hydrogen) atoms. The third-order valence-electron chi connectivity index (χ3n) is 2.95. The van der Waals surface area contributed by atoms with E-state index in [1.807, 2.05) is 0 Å². The summed E-state index contributed by atoms with van der Waals surface area (Å²) in [4.78, 5) is 4.59. The molecule has 2 heterocycles.